The first kappa shape index (κ1) is 20.9. The average molecular weight is 433 g/mol. The van der Waals surface area contributed by atoms with Gasteiger partial charge in [-0.3, -0.25) is 4.79 Å². The van der Waals surface area contributed by atoms with Crippen molar-refractivity contribution in [2.75, 3.05) is 11.1 Å². The van der Waals surface area contributed by atoms with Crippen LogP contribution in [0, 0.1) is 13.8 Å². The van der Waals surface area contributed by atoms with E-state index in [0.29, 0.717) is 17.6 Å². The lowest BCUT2D eigenvalue weighted by molar-refractivity contribution is -0.113. The van der Waals surface area contributed by atoms with E-state index < -0.39 is 0 Å². The van der Waals surface area contributed by atoms with Gasteiger partial charge in [0.15, 0.2) is 11.0 Å². The van der Waals surface area contributed by atoms with Crippen LogP contribution in [0.1, 0.15) is 17.0 Å². The third-order valence-corrected chi connectivity index (χ3v) is 6.04. The number of carbonyl (C=O) groups excluding carboxylic acids is 1. The molecule has 6 nitrogen and oxygen atoms in total. The van der Waals surface area contributed by atoms with Crippen LogP contribution in [0.3, 0.4) is 0 Å². The molecule has 1 N–H and O–H groups in total. The Balaban J connectivity index is 1.36. The lowest BCUT2D eigenvalue weighted by atomic mass is 10.1. The van der Waals surface area contributed by atoms with Gasteiger partial charge in [0.25, 0.3) is 0 Å². The minimum Gasteiger partial charge on any atom is -0.485 e. The molecule has 0 spiro atoms. The Bertz CT molecular complexity index is 1230. The van der Waals surface area contributed by atoms with Gasteiger partial charge in [-0.2, -0.15) is 0 Å². The summed E-state index contributed by atoms with van der Waals surface area (Å²) in [4.78, 5) is 12.5. The first-order chi connectivity index (χ1) is 15.0. The number of nitrogens with zero attached hydrogens (tertiary/aromatic N) is 3. The van der Waals surface area contributed by atoms with Crippen molar-refractivity contribution in [2.45, 2.75) is 25.6 Å². The van der Waals surface area contributed by atoms with Crippen molar-refractivity contribution in [1.29, 1.82) is 0 Å². The molecule has 7 heteroatoms. The predicted octanol–water partition coefficient (Wildman–Crippen LogP) is 4.89. The Hall–Kier alpha value is -3.32. The lowest BCUT2D eigenvalue weighted by Gasteiger charge is -2.10. The van der Waals surface area contributed by atoms with Crippen LogP contribution in [0.15, 0.2) is 65.8 Å². The number of carbonyl (C=O) groups is 1. The molecular weight excluding hydrogens is 408 g/mol. The summed E-state index contributed by atoms with van der Waals surface area (Å²) in [7, 11) is 1.88. The molecule has 0 aliphatic carbocycles. The molecule has 0 radical (unpaired) electrons. The number of aryl methyl sites for hydroxylation is 2. The zero-order valence-electron chi connectivity index (χ0n) is 17.8. The number of thioether (sulfide) groups is 1. The van der Waals surface area contributed by atoms with Gasteiger partial charge >= 0.3 is 0 Å². The molecule has 0 fully saturated rings. The average Bonchev–Trinajstić information content (AvgIpc) is 3.12. The van der Waals surface area contributed by atoms with E-state index in [0.717, 1.165) is 33.3 Å². The van der Waals surface area contributed by atoms with E-state index in [4.69, 9.17) is 4.74 Å². The molecule has 4 aromatic rings. The molecule has 158 valence electrons. The van der Waals surface area contributed by atoms with E-state index in [-0.39, 0.29) is 11.7 Å². The van der Waals surface area contributed by atoms with Gasteiger partial charge < -0.3 is 14.6 Å². The summed E-state index contributed by atoms with van der Waals surface area (Å²) in [5, 5.41) is 14.2. The van der Waals surface area contributed by atoms with Gasteiger partial charge in [0.05, 0.1) is 5.75 Å². The van der Waals surface area contributed by atoms with E-state index in [1.165, 1.54) is 11.8 Å². The van der Waals surface area contributed by atoms with Crippen LogP contribution < -0.4 is 10.1 Å². The number of nitrogens with one attached hydrogen (secondary N) is 1. The Labute approximate surface area is 185 Å². The number of fused-ring (bicyclic) bond motifs is 1. The third kappa shape index (κ3) is 4.88. The van der Waals surface area contributed by atoms with Crippen LogP contribution in [0.2, 0.25) is 0 Å². The second kappa shape index (κ2) is 9.22. The van der Waals surface area contributed by atoms with Crippen molar-refractivity contribution in [1.82, 2.24) is 14.8 Å². The van der Waals surface area contributed by atoms with Gasteiger partial charge in [0.2, 0.25) is 5.91 Å². The molecule has 3 aromatic carbocycles. The van der Waals surface area contributed by atoms with E-state index >= 15 is 0 Å². The normalized spacial score (nSPS) is 10.9. The summed E-state index contributed by atoms with van der Waals surface area (Å²) < 4.78 is 7.79. The second-order valence-electron chi connectivity index (χ2n) is 7.38. The summed E-state index contributed by atoms with van der Waals surface area (Å²) in [6.45, 7) is 4.37. The van der Waals surface area contributed by atoms with Crippen LogP contribution in [-0.4, -0.2) is 26.4 Å². The Morgan fingerprint density at radius 3 is 2.74 bits per heavy atom. The Morgan fingerprint density at radius 2 is 1.87 bits per heavy atom. The number of hydrogen-bond donors (Lipinski definition) is 1. The predicted molar refractivity (Wildman–Crippen MR) is 125 cm³/mol. The molecule has 0 saturated heterocycles. The van der Waals surface area contributed by atoms with Crippen LogP contribution in [-0.2, 0) is 18.4 Å². The maximum atomic E-state index is 12.5. The fourth-order valence-corrected chi connectivity index (χ4v) is 3.98. The number of hydrogen-bond acceptors (Lipinski definition) is 5. The SMILES string of the molecule is Cc1ccc(C)c(OCc2nnc(SCC(=O)Nc3cccc4ccccc34)n2C)c1. The summed E-state index contributed by atoms with van der Waals surface area (Å²) in [6, 6.07) is 20.0. The second-order valence-corrected chi connectivity index (χ2v) is 8.32. The van der Waals surface area contributed by atoms with Crippen LogP contribution in [0.5, 0.6) is 5.75 Å². The van der Waals surface area contributed by atoms with E-state index in [9.17, 15) is 4.79 Å². The van der Waals surface area contributed by atoms with Crippen molar-refractivity contribution in [3.8, 4) is 5.75 Å². The fourth-order valence-electron chi connectivity index (χ4n) is 3.25. The molecule has 0 aliphatic rings. The highest BCUT2D eigenvalue weighted by Crippen LogP contribution is 2.24. The van der Waals surface area contributed by atoms with Crippen molar-refractivity contribution >= 4 is 34.1 Å². The highest BCUT2D eigenvalue weighted by atomic mass is 32.2. The maximum Gasteiger partial charge on any atom is 0.234 e. The maximum absolute atomic E-state index is 12.5. The summed E-state index contributed by atoms with van der Waals surface area (Å²) >= 11 is 1.35. The fraction of sp³-hybridized carbons (Fsp3) is 0.208. The number of rotatable bonds is 7. The molecule has 0 saturated carbocycles. The minimum atomic E-state index is -0.0856. The molecule has 31 heavy (non-hydrogen) atoms. The van der Waals surface area contributed by atoms with Gasteiger partial charge in [0, 0.05) is 18.1 Å². The molecule has 0 unspecified atom stereocenters. The molecular formula is C24H24N4O2S. The number of anilines is 1. The van der Waals surface area contributed by atoms with Crippen LogP contribution in [0.4, 0.5) is 5.69 Å². The molecule has 1 amide bonds. The monoisotopic (exact) mass is 432 g/mol. The largest absolute Gasteiger partial charge is 0.485 e. The van der Waals surface area contributed by atoms with Gasteiger partial charge in [-0.25, -0.2) is 0 Å². The Kier molecular flexibility index (Phi) is 6.23. The van der Waals surface area contributed by atoms with E-state index in [1.807, 2.05) is 80.1 Å². The van der Waals surface area contributed by atoms with Gasteiger partial charge in [-0.15, -0.1) is 10.2 Å². The molecule has 1 heterocycles. The van der Waals surface area contributed by atoms with E-state index in [1.54, 1.807) is 0 Å². The first-order valence-corrected chi connectivity index (χ1v) is 11.0. The van der Waals surface area contributed by atoms with Gasteiger partial charge in [-0.05, 0) is 42.5 Å². The highest BCUT2D eigenvalue weighted by molar-refractivity contribution is 7.99. The molecule has 1 aromatic heterocycles. The first-order valence-electron chi connectivity index (χ1n) is 10.00. The van der Waals surface area contributed by atoms with Gasteiger partial charge in [-0.1, -0.05) is 60.3 Å². The Morgan fingerprint density at radius 1 is 1.06 bits per heavy atom. The molecule has 0 bridgehead atoms. The zero-order chi connectivity index (χ0) is 21.8. The summed E-state index contributed by atoms with van der Waals surface area (Å²) in [5.41, 5.74) is 3.03. The van der Waals surface area contributed by atoms with Crippen LogP contribution in [0.25, 0.3) is 10.8 Å². The summed E-state index contributed by atoms with van der Waals surface area (Å²) in [6.07, 6.45) is 0. The van der Waals surface area contributed by atoms with Crippen molar-refractivity contribution < 1.29 is 9.53 Å². The standard InChI is InChI=1S/C24H24N4O2S/c1-16-11-12-17(2)21(13-16)30-14-22-26-27-24(28(22)3)31-15-23(29)25-20-10-6-8-18-7-4-5-9-19(18)20/h4-13H,14-15H2,1-3H3,(H,25,29). The molecule has 0 aliphatic heterocycles. The lowest BCUT2D eigenvalue weighted by Crippen LogP contribution is -2.14. The minimum absolute atomic E-state index is 0.0856. The number of benzene rings is 3. The molecule has 4 rings (SSSR count). The third-order valence-electron chi connectivity index (χ3n) is 5.02. The van der Waals surface area contributed by atoms with Crippen molar-refractivity contribution in [2.24, 2.45) is 7.05 Å². The zero-order valence-corrected chi connectivity index (χ0v) is 18.6. The summed E-state index contributed by atoms with van der Waals surface area (Å²) in [5.74, 6) is 1.70. The van der Waals surface area contributed by atoms with Crippen LogP contribution >= 0.6 is 11.8 Å². The van der Waals surface area contributed by atoms with Crippen molar-refractivity contribution in [3.05, 3.63) is 77.6 Å². The van der Waals surface area contributed by atoms with E-state index in [2.05, 4.69) is 21.6 Å². The highest BCUT2D eigenvalue weighted by Gasteiger charge is 2.13. The van der Waals surface area contributed by atoms with Gasteiger partial charge in [0.1, 0.15) is 12.4 Å². The number of ether oxygens (including phenoxy) is 1. The molecule has 0 atom stereocenters. The quantitative estimate of drug-likeness (QED) is 0.421. The number of aromatic nitrogens is 3. The smallest absolute Gasteiger partial charge is 0.234 e. The van der Waals surface area contributed by atoms with Crippen molar-refractivity contribution in [3.63, 3.8) is 0 Å². The number of amides is 1. The topological polar surface area (TPSA) is 69.0 Å².